The monoisotopic (exact) mass is 1700 g/mol. The van der Waals surface area contributed by atoms with Crippen molar-refractivity contribution in [3.8, 4) is 23.0 Å². The van der Waals surface area contributed by atoms with Crippen molar-refractivity contribution in [2.24, 2.45) is 0 Å². The molecule has 4 aromatic heterocycles. The molecule has 4 aromatic carbocycles. The van der Waals surface area contributed by atoms with E-state index in [4.69, 9.17) is 60.2 Å². The van der Waals surface area contributed by atoms with Crippen LogP contribution in [-0.4, -0.2) is 86.4 Å². The fourth-order valence-corrected chi connectivity index (χ4v) is 18.5. The Morgan fingerprint density at radius 3 is 0.540 bits per heavy atom. The highest BCUT2D eigenvalue weighted by molar-refractivity contribution is 5.59. The van der Waals surface area contributed by atoms with Gasteiger partial charge in [-0.05, 0) is 195 Å². The van der Waals surface area contributed by atoms with Crippen LogP contribution >= 0.6 is 0 Å². The van der Waals surface area contributed by atoms with Gasteiger partial charge in [-0.25, -0.2) is 0 Å². The van der Waals surface area contributed by atoms with Crippen molar-refractivity contribution in [3.63, 3.8) is 0 Å². The Bertz CT molecular complexity index is 3500. The van der Waals surface area contributed by atoms with Gasteiger partial charge >= 0.3 is 0 Å². The van der Waals surface area contributed by atoms with Gasteiger partial charge in [-0.1, -0.05) is 356 Å². The molecule has 0 saturated carbocycles. The van der Waals surface area contributed by atoms with Gasteiger partial charge in [0, 0.05) is 76.6 Å². The van der Waals surface area contributed by atoms with Crippen molar-refractivity contribution in [2.45, 2.75) is 467 Å². The average Bonchev–Trinajstić information content (AvgIpc) is 0.854. The molecule has 1 aliphatic rings. The Balaban J connectivity index is 1.07. The summed E-state index contributed by atoms with van der Waals surface area (Å²) in [7, 11) is 0. The molecule has 0 aliphatic heterocycles. The topological polar surface area (TPSA) is 160 Å². The number of benzene rings is 4. The van der Waals surface area contributed by atoms with E-state index in [1.165, 1.54) is 324 Å². The molecule has 0 radical (unpaired) electrons. The lowest BCUT2D eigenvalue weighted by Gasteiger charge is -2.25. The van der Waals surface area contributed by atoms with Gasteiger partial charge in [-0.3, -0.25) is 18.7 Å². The maximum Gasteiger partial charge on any atom is 0.126 e. The van der Waals surface area contributed by atoms with Gasteiger partial charge in [0.15, 0.2) is 0 Å². The number of aromatic nitrogens is 12. The standard InChI is InChI=1S/C108H172N12O4/c1-9-17-21-25-29-33-37-41-45-49-61-101-85-117(113-109-101)65-53-57-89-73-93-81-95-75-90(58-54-66-118-86-102(110-114-118)62-50-46-42-38-34-30-26-22-18-10-2)77-97(106(95)122-70-14-6)83-99-79-92(60-56-68-120-88-104(112-116-120)64-52-48-44-40-36-32-28-24-20-12-4)80-100(108(99)124-72-16-8)84-98-78-91(76-96(107(98)123-71-15-7)82-94(74-89)105(93)121-69-13-5)59-55-67-119-87-103(111-115-119)63-51-47-43-39-35-31-27-23-19-11-3/h73-80,85-88H,9-72,81-84H2,1-8H3. The summed E-state index contributed by atoms with van der Waals surface area (Å²) >= 11 is 0. The fourth-order valence-electron chi connectivity index (χ4n) is 18.5. The van der Waals surface area contributed by atoms with Crippen molar-refractivity contribution >= 4 is 0 Å². The number of rotatable bonds is 72. The summed E-state index contributed by atoms with van der Waals surface area (Å²) in [6.45, 7) is 23.7. The van der Waals surface area contributed by atoms with E-state index in [9.17, 15) is 0 Å². The van der Waals surface area contributed by atoms with E-state index in [0.717, 1.165) is 175 Å². The molecule has 4 heterocycles. The Morgan fingerprint density at radius 2 is 0.371 bits per heavy atom. The molecule has 8 bridgehead atoms. The lowest BCUT2D eigenvalue weighted by Crippen LogP contribution is -2.12. The number of hydrogen-bond acceptors (Lipinski definition) is 12. The molecule has 0 spiro atoms. The SMILES string of the molecule is CCCCCCCCCCCCc1cn(CCCc2cc3c(OCCC)c(c2)Cc2cc(CCCn4cc(CCCCCCCCCCCC)nn4)cc(c2OCCC)Cc2cc(CCCn4cc(CCCCCCCCCCCC)nn4)cc(c2OCCC)Cc2cc(CCCn4cc(CCCCCCCCCCCC)nn4)cc(c2OCCC)C3)nn1. The van der Waals surface area contributed by atoms with Crippen LogP contribution in [0.5, 0.6) is 23.0 Å². The zero-order valence-electron chi connectivity index (χ0n) is 80.0. The molecule has 8 aromatic rings. The van der Waals surface area contributed by atoms with Crippen LogP contribution in [-0.2, 0) is 103 Å². The molecular formula is C108H172N12O4. The van der Waals surface area contributed by atoms with E-state index in [1.807, 2.05) is 0 Å². The van der Waals surface area contributed by atoms with Crippen LogP contribution in [0.1, 0.15) is 453 Å². The molecule has 0 unspecified atom stereocenters. The summed E-state index contributed by atoms with van der Waals surface area (Å²) in [5.74, 6) is 3.92. The molecule has 0 amide bonds. The molecule has 124 heavy (non-hydrogen) atoms. The van der Waals surface area contributed by atoms with Crippen LogP contribution in [0.3, 0.4) is 0 Å². The molecule has 0 N–H and O–H groups in total. The third kappa shape index (κ3) is 38.3. The molecule has 16 nitrogen and oxygen atoms in total. The zero-order valence-corrected chi connectivity index (χ0v) is 80.0. The minimum Gasteiger partial charge on any atom is -0.493 e. The Hall–Kier alpha value is -7.36. The molecule has 0 fully saturated rings. The van der Waals surface area contributed by atoms with E-state index in [1.54, 1.807) is 0 Å². The van der Waals surface area contributed by atoms with Gasteiger partial charge in [0.05, 0.1) is 49.2 Å². The Labute approximate surface area is 753 Å². The van der Waals surface area contributed by atoms with Crippen LogP contribution in [0, 0.1) is 0 Å². The lowest BCUT2D eigenvalue weighted by molar-refractivity contribution is 0.304. The normalized spacial score (nSPS) is 12.2. The first-order chi connectivity index (χ1) is 61.2. The van der Waals surface area contributed by atoms with E-state index in [-0.39, 0.29) is 0 Å². The number of ether oxygens (including phenoxy) is 4. The van der Waals surface area contributed by atoms with Gasteiger partial charge in [0.2, 0.25) is 0 Å². The highest BCUT2D eigenvalue weighted by atomic mass is 16.5. The largest absolute Gasteiger partial charge is 0.493 e. The summed E-state index contributed by atoms with van der Waals surface area (Å²) < 4.78 is 37.6. The summed E-state index contributed by atoms with van der Waals surface area (Å²) in [5.41, 5.74) is 19.2. The Morgan fingerprint density at radius 1 is 0.202 bits per heavy atom. The second kappa shape index (κ2) is 61.9. The van der Waals surface area contributed by atoms with Crippen molar-refractivity contribution in [1.29, 1.82) is 0 Å². The Kier molecular flexibility index (Phi) is 50.2. The first-order valence-corrected chi connectivity index (χ1v) is 51.9. The van der Waals surface area contributed by atoms with Crippen LogP contribution in [0.4, 0.5) is 0 Å². The van der Waals surface area contributed by atoms with E-state index in [2.05, 4.69) is 147 Å². The molecule has 0 atom stereocenters. The quantitative estimate of drug-likeness (QED) is 0.0333. The van der Waals surface area contributed by atoms with Gasteiger partial charge in [-0.2, -0.15) is 0 Å². The van der Waals surface area contributed by atoms with Crippen molar-refractivity contribution in [1.82, 2.24) is 60.0 Å². The second-order valence-corrected chi connectivity index (χ2v) is 37.1. The predicted octanol–water partition coefficient (Wildman–Crippen LogP) is 28.3. The smallest absolute Gasteiger partial charge is 0.126 e. The van der Waals surface area contributed by atoms with Crippen molar-refractivity contribution in [2.75, 3.05) is 26.4 Å². The summed E-state index contributed by atoms with van der Waals surface area (Å²) in [5, 5.41) is 37.9. The van der Waals surface area contributed by atoms with Gasteiger partial charge in [-0.15, -0.1) is 20.4 Å². The highest BCUT2D eigenvalue weighted by Crippen LogP contribution is 2.42. The van der Waals surface area contributed by atoms with Gasteiger partial charge in [0.1, 0.15) is 23.0 Å². The number of nitrogens with zero attached hydrogens (tertiary/aromatic N) is 12. The molecule has 1 aliphatic carbocycles. The molecule has 16 heteroatoms. The number of hydrogen-bond donors (Lipinski definition) is 0. The molecule has 9 rings (SSSR count). The molecular weight excluding hydrogens is 1530 g/mol. The van der Waals surface area contributed by atoms with E-state index < -0.39 is 0 Å². The number of aryl methyl sites for hydroxylation is 12. The summed E-state index contributed by atoms with van der Waals surface area (Å²) in [6, 6.07) is 19.9. The van der Waals surface area contributed by atoms with Gasteiger partial charge in [0.25, 0.3) is 0 Å². The molecule has 688 valence electrons. The number of fused-ring (bicyclic) bond motifs is 8. The second-order valence-electron chi connectivity index (χ2n) is 37.1. The van der Waals surface area contributed by atoms with Gasteiger partial charge < -0.3 is 18.9 Å². The van der Waals surface area contributed by atoms with Crippen LogP contribution in [0.2, 0.25) is 0 Å². The summed E-state index contributed by atoms with van der Waals surface area (Å²) in [4.78, 5) is 0. The van der Waals surface area contributed by atoms with Crippen molar-refractivity contribution in [3.05, 3.63) is 163 Å². The van der Waals surface area contributed by atoms with Crippen LogP contribution < -0.4 is 18.9 Å². The van der Waals surface area contributed by atoms with Crippen molar-refractivity contribution < 1.29 is 18.9 Å². The first-order valence-electron chi connectivity index (χ1n) is 51.9. The third-order valence-corrected chi connectivity index (χ3v) is 25.4. The summed E-state index contributed by atoms with van der Waals surface area (Å²) in [6.07, 6.45) is 79.1. The van der Waals surface area contributed by atoms with E-state index in [0.29, 0.717) is 52.1 Å². The maximum absolute atomic E-state index is 7.31. The number of unbranched alkanes of at least 4 members (excludes halogenated alkanes) is 36. The predicted molar refractivity (Wildman–Crippen MR) is 516 cm³/mol. The minimum atomic E-state index is 0.603. The minimum absolute atomic E-state index is 0.603. The first kappa shape index (κ1) is 100. The average molecular weight is 1700 g/mol. The zero-order chi connectivity index (χ0) is 86.9. The van der Waals surface area contributed by atoms with Crippen LogP contribution in [0.15, 0.2) is 73.3 Å². The van der Waals surface area contributed by atoms with Crippen LogP contribution in [0.25, 0.3) is 0 Å². The third-order valence-electron chi connectivity index (χ3n) is 25.4. The highest BCUT2D eigenvalue weighted by Gasteiger charge is 2.26. The molecule has 0 saturated heterocycles. The fraction of sp³-hybridized carbons (Fsp3) is 0.704. The lowest BCUT2D eigenvalue weighted by atomic mass is 9.87. The maximum atomic E-state index is 7.31. The van der Waals surface area contributed by atoms with E-state index >= 15 is 0 Å².